The number of amides is 1. The number of nitrogens with one attached hydrogen (secondary N) is 1. The Morgan fingerprint density at radius 1 is 1.14 bits per heavy atom. The highest BCUT2D eigenvalue weighted by Gasteiger charge is 2.29. The maximum atomic E-state index is 12.0. The Morgan fingerprint density at radius 2 is 1.71 bits per heavy atom. The van der Waals surface area contributed by atoms with Gasteiger partial charge in [0, 0.05) is 0 Å². The summed E-state index contributed by atoms with van der Waals surface area (Å²) in [6, 6.07) is 8.76. The topological polar surface area (TPSA) is 64.6 Å². The van der Waals surface area contributed by atoms with Crippen LogP contribution in [0.3, 0.4) is 0 Å². The largest absolute Gasteiger partial charge is 0.469 e. The molecule has 1 N–H and O–H groups in total. The lowest BCUT2D eigenvalue weighted by Gasteiger charge is -2.26. The molecule has 1 unspecified atom stereocenters. The van der Waals surface area contributed by atoms with Gasteiger partial charge < -0.3 is 14.8 Å². The van der Waals surface area contributed by atoms with Crippen LogP contribution in [0.2, 0.25) is 0 Å². The maximum Gasteiger partial charge on any atom is 0.408 e. The number of carbonyl (C=O) groups is 2. The number of carbonyl (C=O) groups excluding carboxylic acids is 2. The molecule has 0 saturated carbocycles. The zero-order chi connectivity index (χ0) is 16.0. The summed E-state index contributed by atoms with van der Waals surface area (Å²) in [5.41, 5.74) is 0.223. The molecule has 1 aromatic carbocycles. The second kappa shape index (κ2) is 7.11. The molecule has 0 saturated heterocycles. The van der Waals surface area contributed by atoms with Gasteiger partial charge in [-0.3, -0.25) is 4.79 Å². The van der Waals surface area contributed by atoms with Crippen molar-refractivity contribution in [1.82, 2.24) is 5.32 Å². The average molecular weight is 293 g/mol. The van der Waals surface area contributed by atoms with E-state index in [9.17, 15) is 9.59 Å². The molecule has 0 aliphatic carbocycles. The van der Waals surface area contributed by atoms with Crippen LogP contribution in [0.1, 0.15) is 39.3 Å². The molecule has 0 bridgehead atoms. The first-order valence-corrected chi connectivity index (χ1v) is 6.87. The third-order valence-corrected chi connectivity index (χ3v) is 2.90. The van der Waals surface area contributed by atoms with Crippen molar-refractivity contribution in [3.63, 3.8) is 0 Å². The van der Waals surface area contributed by atoms with Gasteiger partial charge in [0.05, 0.1) is 19.1 Å². The standard InChI is InChI=1S/C16H23NO4/c1-11(14(18)20-5)13(12-9-7-6-8-10-12)17-15(19)21-16(2,3)4/h6-11,13H,1-5H3,(H,17,19)/t11-,13?/m1/s1. The molecule has 5 nitrogen and oxygen atoms in total. The minimum Gasteiger partial charge on any atom is -0.469 e. The van der Waals surface area contributed by atoms with Crippen LogP contribution in [-0.4, -0.2) is 24.8 Å². The van der Waals surface area contributed by atoms with Crippen LogP contribution in [-0.2, 0) is 14.3 Å². The van der Waals surface area contributed by atoms with E-state index >= 15 is 0 Å². The molecule has 116 valence electrons. The molecule has 2 atom stereocenters. The van der Waals surface area contributed by atoms with Crippen LogP contribution in [0.15, 0.2) is 30.3 Å². The predicted molar refractivity (Wildman–Crippen MR) is 79.7 cm³/mol. The summed E-state index contributed by atoms with van der Waals surface area (Å²) >= 11 is 0. The van der Waals surface area contributed by atoms with E-state index in [0.717, 1.165) is 5.56 Å². The molecule has 0 fully saturated rings. The predicted octanol–water partition coefficient (Wildman–Crippen LogP) is 3.06. The van der Waals surface area contributed by atoms with Gasteiger partial charge in [-0.1, -0.05) is 30.3 Å². The summed E-state index contributed by atoms with van der Waals surface area (Å²) in [6.07, 6.45) is -0.563. The summed E-state index contributed by atoms with van der Waals surface area (Å²) in [5, 5.41) is 2.74. The Bertz CT molecular complexity index is 479. The van der Waals surface area contributed by atoms with Gasteiger partial charge in [0.2, 0.25) is 0 Å². The first-order chi connectivity index (χ1) is 9.74. The fourth-order valence-corrected chi connectivity index (χ4v) is 1.91. The van der Waals surface area contributed by atoms with Gasteiger partial charge in [0.25, 0.3) is 0 Å². The number of rotatable bonds is 4. The molecular weight excluding hydrogens is 270 g/mol. The normalized spacial score (nSPS) is 14.0. The number of ether oxygens (including phenoxy) is 2. The fourth-order valence-electron chi connectivity index (χ4n) is 1.91. The fraction of sp³-hybridized carbons (Fsp3) is 0.500. The Labute approximate surface area is 125 Å². The molecular formula is C16H23NO4. The summed E-state index contributed by atoms with van der Waals surface area (Å²) < 4.78 is 10.0. The quantitative estimate of drug-likeness (QED) is 0.867. The molecule has 0 aliphatic rings. The Balaban J connectivity index is 2.93. The van der Waals surface area contributed by atoms with Crippen LogP contribution in [0.5, 0.6) is 0 Å². The van der Waals surface area contributed by atoms with E-state index in [2.05, 4.69) is 5.32 Å². The highest BCUT2D eigenvalue weighted by Crippen LogP contribution is 2.23. The van der Waals surface area contributed by atoms with Crippen molar-refractivity contribution < 1.29 is 19.1 Å². The van der Waals surface area contributed by atoms with Gasteiger partial charge in [-0.15, -0.1) is 0 Å². The lowest BCUT2D eigenvalue weighted by atomic mass is 9.94. The smallest absolute Gasteiger partial charge is 0.408 e. The SMILES string of the molecule is COC(=O)[C@H](C)C(NC(=O)OC(C)(C)C)c1ccccc1. The summed E-state index contributed by atoms with van der Waals surface area (Å²) in [7, 11) is 1.33. The molecule has 0 spiro atoms. The van der Waals surface area contributed by atoms with E-state index in [0.29, 0.717) is 0 Å². The molecule has 1 rings (SSSR count). The van der Waals surface area contributed by atoms with E-state index < -0.39 is 23.7 Å². The number of alkyl carbamates (subject to hydrolysis) is 1. The minimum atomic E-state index is -0.597. The third-order valence-electron chi connectivity index (χ3n) is 2.90. The monoisotopic (exact) mass is 293 g/mol. The second-order valence-electron chi connectivity index (χ2n) is 5.85. The number of hydrogen-bond acceptors (Lipinski definition) is 4. The highest BCUT2D eigenvalue weighted by atomic mass is 16.6. The molecule has 0 aliphatic heterocycles. The second-order valence-corrected chi connectivity index (χ2v) is 5.85. The van der Waals surface area contributed by atoms with Crippen molar-refractivity contribution in [1.29, 1.82) is 0 Å². The van der Waals surface area contributed by atoms with Gasteiger partial charge >= 0.3 is 12.1 Å². The van der Waals surface area contributed by atoms with Crippen molar-refractivity contribution in [2.24, 2.45) is 5.92 Å². The number of hydrogen-bond donors (Lipinski definition) is 1. The Kier molecular flexibility index (Phi) is 5.76. The van der Waals surface area contributed by atoms with Crippen molar-refractivity contribution in [3.05, 3.63) is 35.9 Å². The van der Waals surface area contributed by atoms with E-state index in [1.165, 1.54) is 7.11 Å². The Morgan fingerprint density at radius 3 is 2.19 bits per heavy atom. The first-order valence-electron chi connectivity index (χ1n) is 6.87. The van der Waals surface area contributed by atoms with E-state index in [1.54, 1.807) is 27.7 Å². The molecule has 1 aromatic rings. The average Bonchev–Trinajstić information content (AvgIpc) is 2.42. The summed E-state index contributed by atoms with van der Waals surface area (Å²) in [4.78, 5) is 23.8. The van der Waals surface area contributed by atoms with Crippen LogP contribution >= 0.6 is 0 Å². The lowest BCUT2D eigenvalue weighted by Crippen LogP contribution is -2.39. The van der Waals surface area contributed by atoms with E-state index in [1.807, 2.05) is 30.3 Å². The van der Waals surface area contributed by atoms with Crippen LogP contribution < -0.4 is 5.32 Å². The molecule has 1 amide bonds. The summed E-state index contributed by atoms with van der Waals surface area (Å²) in [6.45, 7) is 7.07. The molecule has 5 heteroatoms. The van der Waals surface area contributed by atoms with Gasteiger partial charge in [-0.05, 0) is 33.3 Å². The van der Waals surface area contributed by atoms with Crippen LogP contribution in [0.25, 0.3) is 0 Å². The van der Waals surface area contributed by atoms with Crippen LogP contribution in [0.4, 0.5) is 4.79 Å². The van der Waals surface area contributed by atoms with Gasteiger partial charge in [-0.25, -0.2) is 4.79 Å². The molecule has 0 aromatic heterocycles. The Hall–Kier alpha value is -2.04. The zero-order valence-corrected chi connectivity index (χ0v) is 13.2. The van der Waals surface area contributed by atoms with Crippen molar-refractivity contribution in [3.8, 4) is 0 Å². The number of esters is 1. The maximum absolute atomic E-state index is 12.0. The van der Waals surface area contributed by atoms with E-state index in [-0.39, 0.29) is 5.97 Å². The van der Waals surface area contributed by atoms with Crippen molar-refractivity contribution in [2.45, 2.75) is 39.3 Å². The summed E-state index contributed by atoms with van der Waals surface area (Å²) in [5.74, 6) is -0.912. The van der Waals surface area contributed by atoms with E-state index in [4.69, 9.17) is 9.47 Å². The highest BCUT2D eigenvalue weighted by molar-refractivity contribution is 5.75. The van der Waals surface area contributed by atoms with Gasteiger partial charge in [0.15, 0.2) is 0 Å². The number of benzene rings is 1. The molecule has 21 heavy (non-hydrogen) atoms. The zero-order valence-electron chi connectivity index (χ0n) is 13.2. The number of methoxy groups -OCH3 is 1. The third kappa shape index (κ3) is 5.45. The van der Waals surface area contributed by atoms with Crippen LogP contribution in [0, 0.1) is 5.92 Å². The minimum absolute atomic E-state index is 0.389. The van der Waals surface area contributed by atoms with Gasteiger partial charge in [0.1, 0.15) is 5.60 Å². The first kappa shape index (κ1) is 17.0. The van der Waals surface area contributed by atoms with Gasteiger partial charge in [-0.2, -0.15) is 0 Å². The van der Waals surface area contributed by atoms with Crippen molar-refractivity contribution >= 4 is 12.1 Å². The lowest BCUT2D eigenvalue weighted by molar-refractivity contribution is -0.145. The molecule has 0 radical (unpaired) electrons. The van der Waals surface area contributed by atoms with Crippen molar-refractivity contribution in [2.75, 3.05) is 7.11 Å². The molecule has 0 heterocycles.